The monoisotopic (exact) mass is 308 g/mol. The Hall–Kier alpha value is -0.870. The van der Waals surface area contributed by atoms with Crippen molar-refractivity contribution in [2.45, 2.75) is 18.9 Å². The second-order valence-corrected chi connectivity index (χ2v) is 6.01. The van der Waals surface area contributed by atoms with E-state index in [1.807, 2.05) is 12.1 Å². The molecule has 0 spiro atoms. The Morgan fingerprint density at radius 1 is 1.28 bits per heavy atom. The lowest BCUT2D eigenvalue weighted by Gasteiger charge is -2.39. The summed E-state index contributed by atoms with van der Waals surface area (Å²) < 4.78 is 1.04. The van der Waals surface area contributed by atoms with Crippen molar-refractivity contribution >= 4 is 27.9 Å². The molecule has 0 saturated carbocycles. The molecule has 3 nitrogen and oxygen atoms in total. The molecule has 18 heavy (non-hydrogen) atoms. The molecule has 96 valence electrons. The fourth-order valence-corrected chi connectivity index (χ4v) is 3.45. The van der Waals surface area contributed by atoms with Crippen molar-refractivity contribution in [2.75, 3.05) is 31.1 Å². The Morgan fingerprint density at radius 3 is 3.00 bits per heavy atom. The number of piperazine rings is 1. The summed E-state index contributed by atoms with van der Waals surface area (Å²) in [5.41, 5.74) is 1.87. The van der Waals surface area contributed by atoms with Gasteiger partial charge in [-0.15, -0.1) is 0 Å². The van der Waals surface area contributed by atoms with Gasteiger partial charge in [0.2, 0.25) is 0 Å². The van der Waals surface area contributed by atoms with E-state index in [2.05, 4.69) is 31.8 Å². The van der Waals surface area contributed by atoms with E-state index in [-0.39, 0.29) is 0 Å². The summed E-state index contributed by atoms with van der Waals surface area (Å²) in [7, 11) is 0. The van der Waals surface area contributed by atoms with Gasteiger partial charge >= 0.3 is 0 Å². The Morgan fingerprint density at radius 2 is 2.17 bits per heavy atom. The number of carbonyl (C=O) groups excluding carboxylic acids is 1. The van der Waals surface area contributed by atoms with Crippen LogP contribution < -0.4 is 4.90 Å². The first kappa shape index (κ1) is 12.2. The van der Waals surface area contributed by atoms with Crippen LogP contribution in [0.5, 0.6) is 0 Å². The molecule has 1 aromatic rings. The summed E-state index contributed by atoms with van der Waals surface area (Å²) in [6, 6.07) is 6.57. The molecule has 4 heteroatoms. The Bertz CT molecular complexity index is 463. The van der Waals surface area contributed by atoms with E-state index in [1.54, 1.807) is 0 Å². The number of aldehydes is 1. The molecule has 2 aliphatic rings. The number of hydrogen-bond donors (Lipinski definition) is 0. The minimum Gasteiger partial charge on any atom is -0.368 e. The third-order valence-electron chi connectivity index (χ3n) is 4.05. The number of carbonyl (C=O) groups is 1. The molecule has 0 amide bonds. The van der Waals surface area contributed by atoms with Crippen LogP contribution in [0.4, 0.5) is 5.69 Å². The number of nitrogens with zero attached hydrogens (tertiary/aromatic N) is 2. The van der Waals surface area contributed by atoms with Crippen molar-refractivity contribution in [3.05, 3.63) is 28.2 Å². The van der Waals surface area contributed by atoms with Gasteiger partial charge in [0.15, 0.2) is 6.29 Å². The minimum absolute atomic E-state index is 0.678. The number of rotatable bonds is 2. The highest BCUT2D eigenvalue weighted by atomic mass is 79.9. The van der Waals surface area contributed by atoms with Crippen molar-refractivity contribution in [1.82, 2.24) is 4.90 Å². The topological polar surface area (TPSA) is 23.6 Å². The fourth-order valence-electron chi connectivity index (χ4n) is 3.10. The van der Waals surface area contributed by atoms with Crippen molar-refractivity contribution in [1.29, 1.82) is 0 Å². The lowest BCUT2D eigenvalue weighted by Crippen LogP contribution is -2.50. The summed E-state index contributed by atoms with van der Waals surface area (Å²) in [4.78, 5) is 16.1. The van der Waals surface area contributed by atoms with Crippen molar-refractivity contribution in [3.8, 4) is 0 Å². The third-order valence-corrected chi connectivity index (χ3v) is 4.54. The standard InChI is InChI=1S/C14H17BrN2O/c15-12-4-3-11(10-18)14(8-12)17-7-6-16-5-1-2-13(16)9-17/h3-4,8,10,13H,1-2,5-7,9H2. The van der Waals surface area contributed by atoms with Crippen LogP contribution >= 0.6 is 15.9 Å². The lowest BCUT2D eigenvalue weighted by molar-refractivity contribution is 0.112. The second-order valence-electron chi connectivity index (χ2n) is 5.10. The van der Waals surface area contributed by atoms with Crippen molar-refractivity contribution in [3.63, 3.8) is 0 Å². The van der Waals surface area contributed by atoms with Gasteiger partial charge in [-0.2, -0.15) is 0 Å². The lowest BCUT2D eigenvalue weighted by atomic mass is 10.1. The average molecular weight is 309 g/mol. The van der Waals surface area contributed by atoms with Crippen molar-refractivity contribution < 1.29 is 4.79 Å². The summed E-state index contributed by atoms with van der Waals surface area (Å²) in [5, 5.41) is 0. The second kappa shape index (κ2) is 5.02. The van der Waals surface area contributed by atoms with Gasteiger partial charge in [0.1, 0.15) is 0 Å². The molecule has 2 fully saturated rings. The molecule has 1 aromatic carbocycles. The molecule has 0 aromatic heterocycles. The molecule has 0 radical (unpaired) electrons. The summed E-state index contributed by atoms with van der Waals surface area (Å²) in [6.45, 7) is 4.44. The first-order valence-corrected chi connectivity index (χ1v) is 7.31. The minimum atomic E-state index is 0.678. The predicted molar refractivity (Wildman–Crippen MR) is 76.3 cm³/mol. The first-order valence-electron chi connectivity index (χ1n) is 6.51. The van der Waals surface area contributed by atoms with E-state index >= 15 is 0 Å². The number of hydrogen-bond acceptors (Lipinski definition) is 3. The average Bonchev–Trinajstić information content (AvgIpc) is 2.85. The van der Waals surface area contributed by atoms with E-state index in [4.69, 9.17) is 0 Å². The smallest absolute Gasteiger partial charge is 0.152 e. The highest BCUT2D eigenvalue weighted by Crippen LogP contribution is 2.29. The SMILES string of the molecule is O=Cc1ccc(Br)cc1N1CCN2CCCC2C1. The van der Waals surface area contributed by atoms with E-state index in [9.17, 15) is 4.79 Å². The van der Waals surface area contributed by atoms with E-state index in [1.165, 1.54) is 19.4 Å². The van der Waals surface area contributed by atoms with Crippen LogP contribution in [0.2, 0.25) is 0 Å². The van der Waals surface area contributed by atoms with Crippen molar-refractivity contribution in [2.24, 2.45) is 0 Å². The van der Waals surface area contributed by atoms with E-state index in [0.29, 0.717) is 6.04 Å². The molecule has 2 saturated heterocycles. The van der Waals surface area contributed by atoms with Crippen LogP contribution in [-0.4, -0.2) is 43.4 Å². The fraction of sp³-hybridized carbons (Fsp3) is 0.500. The molecule has 2 aliphatic heterocycles. The number of fused-ring (bicyclic) bond motifs is 1. The van der Waals surface area contributed by atoms with Crippen LogP contribution in [0.3, 0.4) is 0 Å². The normalized spacial score (nSPS) is 24.1. The zero-order valence-electron chi connectivity index (χ0n) is 10.3. The Labute approximate surface area is 116 Å². The van der Waals surface area contributed by atoms with Gasteiger partial charge in [-0.3, -0.25) is 9.69 Å². The molecule has 2 heterocycles. The number of anilines is 1. The van der Waals surface area contributed by atoms with E-state index in [0.717, 1.165) is 41.6 Å². The molecule has 3 rings (SSSR count). The Balaban J connectivity index is 1.86. The van der Waals surface area contributed by atoms with Gasteiger partial charge < -0.3 is 4.90 Å². The zero-order valence-corrected chi connectivity index (χ0v) is 11.9. The summed E-state index contributed by atoms with van der Waals surface area (Å²) in [5.74, 6) is 0. The molecule has 1 unspecified atom stereocenters. The maximum atomic E-state index is 11.2. The molecular formula is C14H17BrN2O. The van der Waals surface area contributed by atoms with Gasteiger partial charge in [-0.1, -0.05) is 15.9 Å². The molecule has 0 N–H and O–H groups in total. The highest BCUT2D eigenvalue weighted by molar-refractivity contribution is 9.10. The summed E-state index contributed by atoms with van der Waals surface area (Å²) >= 11 is 3.50. The highest BCUT2D eigenvalue weighted by Gasteiger charge is 2.31. The van der Waals surface area contributed by atoms with E-state index < -0.39 is 0 Å². The van der Waals surface area contributed by atoms with Crippen LogP contribution in [0.15, 0.2) is 22.7 Å². The van der Waals surface area contributed by atoms with Gasteiger partial charge in [0.25, 0.3) is 0 Å². The maximum absolute atomic E-state index is 11.2. The molecule has 0 aliphatic carbocycles. The number of benzene rings is 1. The van der Waals surface area contributed by atoms with Gasteiger partial charge in [0.05, 0.1) is 0 Å². The molecule has 1 atom stereocenters. The number of halogens is 1. The predicted octanol–water partition coefficient (Wildman–Crippen LogP) is 2.55. The Kier molecular flexibility index (Phi) is 3.39. The molecule has 0 bridgehead atoms. The first-order chi connectivity index (χ1) is 8.78. The maximum Gasteiger partial charge on any atom is 0.152 e. The van der Waals surface area contributed by atoms with Crippen LogP contribution in [0, 0.1) is 0 Å². The third kappa shape index (κ3) is 2.19. The quantitative estimate of drug-likeness (QED) is 0.785. The summed E-state index contributed by atoms with van der Waals surface area (Å²) in [6.07, 6.45) is 3.57. The van der Waals surface area contributed by atoms with Gasteiger partial charge in [-0.25, -0.2) is 0 Å². The van der Waals surface area contributed by atoms with Crippen LogP contribution in [-0.2, 0) is 0 Å². The largest absolute Gasteiger partial charge is 0.368 e. The molecular weight excluding hydrogens is 292 g/mol. The van der Waals surface area contributed by atoms with Crippen LogP contribution in [0.25, 0.3) is 0 Å². The van der Waals surface area contributed by atoms with Gasteiger partial charge in [0, 0.05) is 41.4 Å². The zero-order chi connectivity index (χ0) is 12.5. The van der Waals surface area contributed by atoms with Gasteiger partial charge in [-0.05, 0) is 37.6 Å². The van der Waals surface area contributed by atoms with Crippen LogP contribution in [0.1, 0.15) is 23.2 Å².